The van der Waals surface area contributed by atoms with E-state index in [1.165, 1.54) is 59.4 Å². The summed E-state index contributed by atoms with van der Waals surface area (Å²) in [5, 5.41) is 2.84. The highest BCUT2D eigenvalue weighted by Crippen LogP contribution is 2.34. The number of thiophene rings is 1. The predicted octanol–water partition coefficient (Wildman–Crippen LogP) is 6.69. The van der Waals surface area contributed by atoms with Gasteiger partial charge >= 0.3 is 0 Å². The minimum absolute atomic E-state index is 0.0536. The van der Waals surface area contributed by atoms with Gasteiger partial charge in [0.25, 0.3) is 5.91 Å². The number of rotatable bonds is 8. The van der Waals surface area contributed by atoms with Crippen molar-refractivity contribution in [1.82, 2.24) is 0 Å². The minimum Gasteiger partial charge on any atom is -0.495 e. The van der Waals surface area contributed by atoms with Gasteiger partial charge in [-0.3, -0.25) is 14.5 Å². The van der Waals surface area contributed by atoms with Gasteiger partial charge in [0.15, 0.2) is 11.0 Å². The van der Waals surface area contributed by atoms with Crippen molar-refractivity contribution in [3.8, 4) is 5.75 Å². The first-order valence-corrected chi connectivity index (χ1v) is 12.6. The molecule has 0 unspecified atom stereocenters. The number of benzene rings is 2. The molecule has 1 aliphatic rings. The molecule has 2 aromatic carbocycles. The zero-order valence-corrected chi connectivity index (χ0v) is 20.6. The molecule has 0 N–H and O–H groups in total. The van der Waals surface area contributed by atoms with Gasteiger partial charge in [-0.05, 0) is 66.4 Å². The summed E-state index contributed by atoms with van der Waals surface area (Å²) < 4.78 is 18.3. The third-order valence-electron chi connectivity index (χ3n) is 4.99. The highest BCUT2D eigenvalue weighted by Gasteiger charge is 2.32. The molecule has 9 heteroatoms. The first kappa shape index (κ1) is 24.2. The second-order valence-electron chi connectivity index (χ2n) is 7.28. The molecule has 0 saturated carbocycles. The summed E-state index contributed by atoms with van der Waals surface area (Å²) in [6.45, 7) is 0. The maximum absolute atomic E-state index is 13.2. The number of carbonyl (C=O) groups is 2. The molecule has 0 fully saturated rings. The molecule has 0 radical (unpaired) electrons. The zero-order chi connectivity index (χ0) is 24.1. The van der Waals surface area contributed by atoms with Crippen LogP contribution in [0.4, 0.5) is 10.1 Å². The Morgan fingerprint density at radius 3 is 2.71 bits per heavy atom. The topological polar surface area (TPSA) is 59.0 Å². The maximum Gasteiger partial charge on any atom is 0.283 e. The number of hydrogen-bond acceptors (Lipinski definition) is 6. The molecule has 174 valence electrons. The van der Waals surface area contributed by atoms with E-state index in [9.17, 15) is 14.0 Å². The van der Waals surface area contributed by atoms with Gasteiger partial charge in [-0.25, -0.2) is 9.38 Å². The highest BCUT2D eigenvalue weighted by molar-refractivity contribution is 8.14. The van der Waals surface area contributed by atoms with Crippen LogP contribution in [0.5, 0.6) is 5.75 Å². The standard InChI is InChI=1S/C25H20ClFN2O3S2/c1-32-23-11-10-18(14-20(23)26)29-24(31)21(15-19-4-2-12-33-19)28-25(29)34-13-3-5-22(30)16-6-8-17(27)9-7-16/h2,4,6-12,14-15H,3,5,13H2,1H3/b21-15+. The largest absolute Gasteiger partial charge is 0.495 e. The summed E-state index contributed by atoms with van der Waals surface area (Å²) in [5.41, 5.74) is 1.40. The number of hydrogen-bond donors (Lipinski definition) is 0. The van der Waals surface area contributed by atoms with Gasteiger partial charge in [-0.2, -0.15) is 0 Å². The quantitative estimate of drug-likeness (QED) is 0.191. The van der Waals surface area contributed by atoms with E-state index in [1.54, 1.807) is 24.3 Å². The Morgan fingerprint density at radius 2 is 2.03 bits per heavy atom. The number of thioether (sulfide) groups is 1. The number of anilines is 1. The summed E-state index contributed by atoms with van der Waals surface area (Å²) in [4.78, 5) is 32.6. The molecule has 0 atom stereocenters. The molecule has 0 saturated heterocycles. The molecule has 0 aliphatic carbocycles. The average Bonchev–Trinajstić information content (AvgIpc) is 3.45. The van der Waals surface area contributed by atoms with E-state index in [2.05, 4.69) is 4.99 Å². The SMILES string of the molecule is COc1ccc(N2C(=O)/C(=C\c3cccs3)N=C2SCCCC(=O)c2ccc(F)cc2)cc1Cl. The fourth-order valence-corrected chi connectivity index (χ4v) is 5.15. The molecule has 2 heterocycles. The Bertz CT molecular complexity index is 1260. The Balaban J connectivity index is 1.49. The van der Waals surface area contributed by atoms with Crippen molar-refractivity contribution in [1.29, 1.82) is 0 Å². The zero-order valence-electron chi connectivity index (χ0n) is 18.2. The van der Waals surface area contributed by atoms with E-state index in [0.717, 1.165) is 4.88 Å². The van der Waals surface area contributed by atoms with Crippen molar-refractivity contribution < 1.29 is 18.7 Å². The second-order valence-corrected chi connectivity index (χ2v) is 9.73. The van der Waals surface area contributed by atoms with Gasteiger partial charge in [0.1, 0.15) is 17.3 Å². The van der Waals surface area contributed by atoms with Crippen LogP contribution in [0.25, 0.3) is 6.08 Å². The molecule has 1 amide bonds. The minimum atomic E-state index is -0.374. The molecule has 1 aromatic heterocycles. The monoisotopic (exact) mass is 514 g/mol. The summed E-state index contributed by atoms with van der Waals surface area (Å²) in [7, 11) is 1.53. The van der Waals surface area contributed by atoms with E-state index in [1.807, 2.05) is 17.5 Å². The number of carbonyl (C=O) groups excluding carboxylic acids is 2. The molecule has 5 nitrogen and oxygen atoms in total. The average molecular weight is 515 g/mol. The number of aliphatic imine (C=N–C) groups is 1. The van der Waals surface area contributed by atoms with Crippen molar-refractivity contribution in [2.24, 2.45) is 4.99 Å². The number of ketones is 1. The number of amidine groups is 1. The lowest BCUT2D eigenvalue weighted by atomic mass is 10.1. The van der Waals surface area contributed by atoms with E-state index in [0.29, 0.717) is 51.5 Å². The first-order valence-electron chi connectivity index (χ1n) is 10.4. The van der Waals surface area contributed by atoms with Crippen molar-refractivity contribution >= 4 is 63.3 Å². The van der Waals surface area contributed by atoms with Gasteiger partial charge < -0.3 is 4.74 Å². The summed E-state index contributed by atoms with van der Waals surface area (Å²) in [6, 6.07) is 14.5. The van der Waals surface area contributed by atoms with Crippen molar-refractivity contribution in [2.45, 2.75) is 12.8 Å². The molecular formula is C25H20ClFN2O3S2. The second kappa shape index (κ2) is 11.0. The van der Waals surface area contributed by atoms with Gasteiger partial charge in [-0.15, -0.1) is 11.3 Å². The highest BCUT2D eigenvalue weighted by atomic mass is 35.5. The molecule has 1 aliphatic heterocycles. The molecule has 0 spiro atoms. The van der Waals surface area contributed by atoms with Crippen molar-refractivity contribution in [3.63, 3.8) is 0 Å². The molecule has 3 aromatic rings. The molecule has 34 heavy (non-hydrogen) atoms. The van der Waals surface area contributed by atoms with Gasteiger partial charge in [0, 0.05) is 22.6 Å². The van der Waals surface area contributed by atoms with Crippen LogP contribution in [0.1, 0.15) is 28.1 Å². The van der Waals surface area contributed by atoms with Crippen molar-refractivity contribution in [2.75, 3.05) is 17.8 Å². The number of Topliss-reactive ketones (excluding diaryl/α,β-unsaturated/α-hetero) is 1. The lowest BCUT2D eigenvalue weighted by molar-refractivity contribution is -0.113. The van der Waals surface area contributed by atoms with Gasteiger partial charge in [0.05, 0.1) is 17.8 Å². The maximum atomic E-state index is 13.2. The van der Waals surface area contributed by atoms with Crippen LogP contribution in [0.3, 0.4) is 0 Å². The van der Waals surface area contributed by atoms with E-state index >= 15 is 0 Å². The Hall–Kier alpha value is -2.94. The van der Waals surface area contributed by atoms with Crippen LogP contribution in [0.15, 0.2) is 70.7 Å². The molecule has 0 bridgehead atoms. The van der Waals surface area contributed by atoms with Gasteiger partial charge in [0.2, 0.25) is 0 Å². The summed E-state index contributed by atoms with van der Waals surface area (Å²) in [5.74, 6) is 0.408. The number of methoxy groups -OCH3 is 1. The normalized spacial score (nSPS) is 14.6. The number of nitrogens with zero attached hydrogens (tertiary/aromatic N) is 2. The van der Waals surface area contributed by atoms with Crippen LogP contribution < -0.4 is 9.64 Å². The van der Waals surface area contributed by atoms with Crippen LogP contribution in [0, 0.1) is 5.82 Å². The first-order chi connectivity index (χ1) is 16.5. The third kappa shape index (κ3) is 5.58. The summed E-state index contributed by atoms with van der Waals surface area (Å²) >= 11 is 9.21. The van der Waals surface area contributed by atoms with E-state index < -0.39 is 0 Å². The van der Waals surface area contributed by atoms with Crippen molar-refractivity contribution in [3.05, 3.63) is 87.0 Å². The Kier molecular flexibility index (Phi) is 7.82. The predicted molar refractivity (Wildman–Crippen MR) is 138 cm³/mol. The number of amides is 1. The lowest BCUT2D eigenvalue weighted by Crippen LogP contribution is -2.30. The van der Waals surface area contributed by atoms with Crippen LogP contribution >= 0.6 is 34.7 Å². The number of ether oxygens (including phenoxy) is 1. The van der Waals surface area contributed by atoms with E-state index in [4.69, 9.17) is 16.3 Å². The van der Waals surface area contributed by atoms with Crippen LogP contribution in [-0.4, -0.2) is 29.7 Å². The molecule has 4 rings (SSSR count). The fourth-order valence-electron chi connectivity index (χ4n) is 3.30. The summed E-state index contributed by atoms with van der Waals surface area (Å²) in [6.07, 6.45) is 2.65. The Labute approximate surface area is 209 Å². The van der Waals surface area contributed by atoms with E-state index in [-0.39, 0.29) is 17.5 Å². The number of halogens is 2. The Morgan fingerprint density at radius 1 is 1.24 bits per heavy atom. The fraction of sp³-hybridized carbons (Fsp3) is 0.160. The third-order valence-corrected chi connectivity index (χ3v) is 7.13. The van der Waals surface area contributed by atoms with Crippen LogP contribution in [-0.2, 0) is 4.79 Å². The van der Waals surface area contributed by atoms with Crippen LogP contribution in [0.2, 0.25) is 5.02 Å². The van der Waals surface area contributed by atoms with Gasteiger partial charge in [-0.1, -0.05) is 29.4 Å². The molecular weight excluding hydrogens is 495 g/mol. The lowest BCUT2D eigenvalue weighted by Gasteiger charge is -2.18. The smallest absolute Gasteiger partial charge is 0.283 e.